The highest BCUT2D eigenvalue weighted by atomic mass is 19.1. The summed E-state index contributed by atoms with van der Waals surface area (Å²) in [4.78, 5) is 17.0. The minimum Gasteiger partial charge on any atom is -0.491 e. The van der Waals surface area contributed by atoms with Crippen LogP contribution in [0.4, 0.5) is 4.39 Å². The van der Waals surface area contributed by atoms with Gasteiger partial charge >= 0.3 is 0 Å². The maximum absolute atomic E-state index is 15.0. The van der Waals surface area contributed by atoms with Crippen LogP contribution in [0.15, 0.2) is 88.7 Å². The van der Waals surface area contributed by atoms with Gasteiger partial charge in [0, 0.05) is 5.56 Å². The van der Waals surface area contributed by atoms with E-state index in [1.165, 1.54) is 42.6 Å². The Labute approximate surface area is 181 Å². The minimum atomic E-state index is -0.568. The Kier molecular flexibility index (Phi) is 4.83. The van der Waals surface area contributed by atoms with E-state index in [4.69, 9.17) is 9.15 Å². The maximum Gasteiger partial charge on any atom is 0.251 e. The van der Waals surface area contributed by atoms with Gasteiger partial charge in [-0.1, -0.05) is 18.2 Å². The van der Waals surface area contributed by atoms with Crippen LogP contribution in [0.5, 0.6) is 5.75 Å². The van der Waals surface area contributed by atoms with Gasteiger partial charge in [-0.2, -0.15) is 10.2 Å². The summed E-state index contributed by atoms with van der Waals surface area (Å²) in [7, 11) is 1.38. The second-order valence-electron chi connectivity index (χ2n) is 6.79. The second-order valence-corrected chi connectivity index (χ2v) is 6.79. The molecule has 0 unspecified atom stereocenters. The smallest absolute Gasteiger partial charge is 0.251 e. The largest absolute Gasteiger partial charge is 0.491 e. The summed E-state index contributed by atoms with van der Waals surface area (Å²) in [6.07, 6.45) is 5.81. The quantitative estimate of drug-likeness (QED) is 0.421. The SMILES string of the molecule is COc1cn(-c2ccc(-c3ncco3)cc2F)nc(-c2ccnn2-c2ccccc2)c1=O. The molecule has 0 aliphatic carbocycles. The summed E-state index contributed by atoms with van der Waals surface area (Å²) in [5.74, 6) is -0.248. The van der Waals surface area contributed by atoms with E-state index in [1.807, 2.05) is 30.3 Å². The van der Waals surface area contributed by atoms with Gasteiger partial charge in [0.25, 0.3) is 5.43 Å². The third kappa shape index (κ3) is 3.35. The molecular formula is C23H16FN5O3. The van der Waals surface area contributed by atoms with Gasteiger partial charge in [-0.3, -0.25) is 4.79 Å². The number of methoxy groups -OCH3 is 1. The van der Waals surface area contributed by atoms with Gasteiger partial charge in [-0.15, -0.1) is 0 Å². The summed E-state index contributed by atoms with van der Waals surface area (Å²) in [5.41, 5.74) is 1.45. The summed E-state index contributed by atoms with van der Waals surface area (Å²) < 4.78 is 28.4. The van der Waals surface area contributed by atoms with Crippen molar-refractivity contribution < 1.29 is 13.5 Å². The molecule has 0 aliphatic heterocycles. The number of aromatic nitrogens is 5. The molecule has 5 rings (SSSR count). The third-order valence-electron chi connectivity index (χ3n) is 4.87. The van der Waals surface area contributed by atoms with Gasteiger partial charge in [0.2, 0.25) is 5.89 Å². The van der Waals surface area contributed by atoms with Crippen molar-refractivity contribution in [3.05, 3.63) is 95.5 Å². The molecule has 0 atom stereocenters. The predicted molar refractivity (Wildman–Crippen MR) is 114 cm³/mol. The van der Waals surface area contributed by atoms with Crippen LogP contribution < -0.4 is 10.2 Å². The molecule has 3 aromatic heterocycles. The molecule has 0 saturated heterocycles. The standard InChI is InChI=1S/C23H16FN5O3/c1-31-20-14-28(18-8-7-15(13-17(18)24)23-25-11-12-32-23)27-21(22(20)30)19-9-10-26-29(19)16-5-3-2-4-6-16/h2-14H,1H3. The molecule has 0 amide bonds. The van der Waals surface area contributed by atoms with Crippen LogP contribution in [-0.4, -0.2) is 31.7 Å². The molecular weight excluding hydrogens is 413 g/mol. The molecule has 32 heavy (non-hydrogen) atoms. The second kappa shape index (κ2) is 7.95. The molecule has 0 fully saturated rings. The zero-order chi connectivity index (χ0) is 22.1. The monoisotopic (exact) mass is 429 g/mol. The molecule has 5 aromatic rings. The highest BCUT2D eigenvalue weighted by molar-refractivity contribution is 5.60. The molecule has 158 valence electrons. The van der Waals surface area contributed by atoms with Crippen LogP contribution in [0.1, 0.15) is 0 Å². The molecule has 3 heterocycles. The summed E-state index contributed by atoms with van der Waals surface area (Å²) in [5, 5.41) is 8.73. The fourth-order valence-electron chi connectivity index (χ4n) is 3.35. The Morgan fingerprint density at radius 2 is 1.91 bits per heavy atom. The van der Waals surface area contributed by atoms with Crippen LogP contribution in [0.2, 0.25) is 0 Å². The van der Waals surface area contributed by atoms with E-state index >= 15 is 4.39 Å². The molecule has 0 N–H and O–H groups in total. The summed E-state index contributed by atoms with van der Waals surface area (Å²) in [6, 6.07) is 15.5. The van der Waals surface area contributed by atoms with Crippen molar-refractivity contribution in [2.24, 2.45) is 0 Å². The molecule has 0 spiro atoms. The first kappa shape index (κ1) is 19.4. The Morgan fingerprint density at radius 3 is 2.62 bits per heavy atom. The Balaban J connectivity index is 1.66. The van der Waals surface area contributed by atoms with Crippen molar-refractivity contribution in [2.75, 3.05) is 7.11 Å². The van der Waals surface area contributed by atoms with Crippen LogP contribution >= 0.6 is 0 Å². The molecule has 0 radical (unpaired) electrons. The van der Waals surface area contributed by atoms with Gasteiger partial charge in [0.1, 0.15) is 17.8 Å². The van der Waals surface area contributed by atoms with Crippen molar-refractivity contribution in [1.29, 1.82) is 0 Å². The first-order valence-electron chi connectivity index (χ1n) is 9.63. The zero-order valence-corrected chi connectivity index (χ0v) is 16.8. The number of oxazole rings is 1. The lowest BCUT2D eigenvalue weighted by molar-refractivity contribution is 0.405. The zero-order valence-electron chi connectivity index (χ0n) is 16.8. The number of benzene rings is 2. The Morgan fingerprint density at radius 1 is 1.06 bits per heavy atom. The van der Waals surface area contributed by atoms with Crippen molar-refractivity contribution in [3.63, 3.8) is 0 Å². The van der Waals surface area contributed by atoms with Crippen LogP contribution in [0.3, 0.4) is 0 Å². The molecule has 8 nitrogen and oxygen atoms in total. The minimum absolute atomic E-state index is 0.0204. The maximum atomic E-state index is 15.0. The number of hydrogen-bond acceptors (Lipinski definition) is 6. The fourth-order valence-corrected chi connectivity index (χ4v) is 3.35. The highest BCUT2D eigenvalue weighted by Crippen LogP contribution is 2.24. The fraction of sp³-hybridized carbons (Fsp3) is 0.0435. The number of halogens is 1. The van der Waals surface area contributed by atoms with E-state index in [2.05, 4.69) is 15.2 Å². The highest BCUT2D eigenvalue weighted by Gasteiger charge is 2.19. The number of ether oxygens (including phenoxy) is 1. The topological polar surface area (TPSA) is 88.0 Å². The molecule has 0 bridgehead atoms. The number of rotatable bonds is 5. The van der Waals surface area contributed by atoms with E-state index < -0.39 is 11.2 Å². The lowest BCUT2D eigenvalue weighted by atomic mass is 10.2. The molecule has 0 saturated carbocycles. The lowest BCUT2D eigenvalue weighted by Gasteiger charge is -2.13. The summed E-state index contributed by atoms with van der Waals surface area (Å²) in [6.45, 7) is 0. The van der Waals surface area contributed by atoms with E-state index in [0.29, 0.717) is 17.1 Å². The van der Waals surface area contributed by atoms with Crippen LogP contribution in [0.25, 0.3) is 34.2 Å². The van der Waals surface area contributed by atoms with Crippen LogP contribution in [-0.2, 0) is 0 Å². The normalized spacial score (nSPS) is 10.9. The molecule has 9 heteroatoms. The van der Waals surface area contributed by atoms with Gasteiger partial charge in [0.15, 0.2) is 11.4 Å². The predicted octanol–water partition coefficient (Wildman–Crippen LogP) is 3.89. The number of nitrogens with zero attached hydrogens (tertiary/aromatic N) is 5. The van der Waals surface area contributed by atoms with Crippen molar-refractivity contribution >= 4 is 0 Å². The lowest BCUT2D eigenvalue weighted by Crippen LogP contribution is -2.18. The van der Waals surface area contributed by atoms with Crippen LogP contribution in [0, 0.1) is 5.82 Å². The third-order valence-corrected chi connectivity index (χ3v) is 4.87. The Hall–Kier alpha value is -4.53. The number of hydrogen-bond donors (Lipinski definition) is 0. The van der Waals surface area contributed by atoms with Crippen molar-refractivity contribution in [1.82, 2.24) is 24.5 Å². The van der Waals surface area contributed by atoms with E-state index in [0.717, 1.165) is 5.69 Å². The van der Waals surface area contributed by atoms with Gasteiger partial charge in [0.05, 0.1) is 37.1 Å². The average Bonchev–Trinajstić information content (AvgIpc) is 3.52. The van der Waals surface area contributed by atoms with Gasteiger partial charge in [-0.25, -0.2) is 18.7 Å². The first-order valence-corrected chi connectivity index (χ1v) is 9.63. The first-order chi connectivity index (χ1) is 15.7. The van der Waals surface area contributed by atoms with Crippen molar-refractivity contribution in [3.8, 4) is 40.0 Å². The number of para-hydroxylation sites is 1. The van der Waals surface area contributed by atoms with Gasteiger partial charge < -0.3 is 9.15 Å². The van der Waals surface area contributed by atoms with E-state index in [9.17, 15) is 4.79 Å². The van der Waals surface area contributed by atoms with Crippen molar-refractivity contribution in [2.45, 2.75) is 0 Å². The van der Waals surface area contributed by atoms with Gasteiger partial charge in [-0.05, 0) is 36.4 Å². The Bertz CT molecular complexity index is 1440. The van der Waals surface area contributed by atoms with E-state index in [-0.39, 0.29) is 17.1 Å². The summed E-state index contributed by atoms with van der Waals surface area (Å²) >= 11 is 0. The van der Waals surface area contributed by atoms with E-state index in [1.54, 1.807) is 23.0 Å². The molecule has 0 aliphatic rings. The average molecular weight is 429 g/mol. The molecule has 2 aromatic carbocycles.